The Kier molecular flexibility index (Phi) is 2.48. The van der Waals surface area contributed by atoms with E-state index in [1.165, 1.54) is 16.7 Å². The Bertz CT molecular complexity index is 239. The van der Waals surface area contributed by atoms with Crippen LogP contribution in [0.4, 0.5) is 0 Å². The predicted octanol–water partition coefficient (Wildman–Crippen LogP) is 3.40. The molecule has 0 atom stereocenters. The van der Waals surface area contributed by atoms with Crippen molar-refractivity contribution in [3.8, 4) is 0 Å². The molecule has 0 N–H and O–H groups in total. The van der Waals surface area contributed by atoms with Gasteiger partial charge in [-0.25, -0.2) is 0 Å². The minimum Gasteiger partial charge on any atom is -0.0988 e. The van der Waals surface area contributed by atoms with Gasteiger partial charge in [-0.3, -0.25) is 0 Å². The summed E-state index contributed by atoms with van der Waals surface area (Å²) in [7, 11) is 0. The molecule has 0 amide bonds. The lowest BCUT2D eigenvalue weighted by Gasteiger charge is -1.95. The zero-order valence-corrected chi connectivity index (χ0v) is 7.06. The highest BCUT2D eigenvalue weighted by atomic mass is 14.1. The van der Waals surface area contributed by atoms with E-state index >= 15 is 0 Å². The van der Waals surface area contributed by atoms with Crippen LogP contribution in [0.25, 0.3) is 0 Å². The number of allylic oxidation sites excluding steroid dienone is 6. The standard InChI is InChI=1S/C11H14/c1-4-9-7-10(5-2)11(6-3)8-9/h5-7H,2-4,8H2,1H3. The molecule has 0 aromatic carbocycles. The summed E-state index contributed by atoms with van der Waals surface area (Å²) in [6, 6.07) is 0. The van der Waals surface area contributed by atoms with Gasteiger partial charge in [-0.05, 0) is 24.0 Å². The molecule has 0 bridgehead atoms. The van der Waals surface area contributed by atoms with E-state index < -0.39 is 0 Å². The van der Waals surface area contributed by atoms with Gasteiger partial charge in [0.1, 0.15) is 0 Å². The molecule has 0 aromatic heterocycles. The minimum absolute atomic E-state index is 1.07. The van der Waals surface area contributed by atoms with Gasteiger partial charge in [-0.2, -0.15) is 0 Å². The van der Waals surface area contributed by atoms with E-state index in [-0.39, 0.29) is 0 Å². The lowest BCUT2D eigenvalue weighted by molar-refractivity contribution is 1.03. The van der Waals surface area contributed by atoms with Crippen LogP contribution in [0.3, 0.4) is 0 Å². The average molecular weight is 146 g/mol. The zero-order chi connectivity index (χ0) is 8.27. The molecule has 1 aliphatic carbocycles. The molecule has 0 heteroatoms. The first kappa shape index (κ1) is 8.06. The Morgan fingerprint density at radius 1 is 1.45 bits per heavy atom. The van der Waals surface area contributed by atoms with Crippen LogP contribution in [0.2, 0.25) is 0 Å². The number of hydrogen-bond donors (Lipinski definition) is 0. The fraction of sp³-hybridized carbons (Fsp3) is 0.273. The van der Waals surface area contributed by atoms with Crippen molar-refractivity contribution in [1.29, 1.82) is 0 Å². The van der Waals surface area contributed by atoms with Crippen molar-refractivity contribution in [3.05, 3.63) is 48.1 Å². The van der Waals surface area contributed by atoms with Gasteiger partial charge >= 0.3 is 0 Å². The third kappa shape index (κ3) is 1.51. The third-order valence-corrected chi connectivity index (χ3v) is 2.07. The number of hydrogen-bond acceptors (Lipinski definition) is 0. The van der Waals surface area contributed by atoms with Crippen molar-refractivity contribution in [2.45, 2.75) is 19.8 Å². The molecule has 0 radical (unpaired) electrons. The van der Waals surface area contributed by atoms with Crippen molar-refractivity contribution in [1.82, 2.24) is 0 Å². The molecule has 0 saturated carbocycles. The van der Waals surface area contributed by atoms with Crippen LogP contribution in [0, 0.1) is 0 Å². The predicted molar refractivity (Wildman–Crippen MR) is 50.4 cm³/mol. The van der Waals surface area contributed by atoms with E-state index in [0.29, 0.717) is 0 Å². The first-order chi connectivity index (χ1) is 5.31. The lowest BCUT2D eigenvalue weighted by atomic mass is 10.1. The van der Waals surface area contributed by atoms with E-state index in [2.05, 4.69) is 26.2 Å². The molecular formula is C11H14. The largest absolute Gasteiger partial charge is 0.0988 e. The quantitative estimate of drug-likeness (QED) is 0.572. The van der Waals surface area contributed by atoms with E-state index in [0.717, 1.165) is 12.8 Å². The van der Waals surface area contributed by atoms with Gasteiger partial charge in [-0.15, -0.1) is 0 Å². The second-order valence-electron chi connectivity index (χ2n) is 2.72. The summed E-state index contributed by atoms with van der Waals surface area (Å²) in [5, 5.41) is 0. The molecule has 0 heterocycles. The Balaban J connectivity index is 2.85. The van der Waals surface area contributed by atoms with Crippen LogP contribution in [0.5, 0.6) is 0 Å². The van der Waals surface area contributed by atoms with Crippen LogP contribution < -0.4 is 0 Å². The summed E-state index contributed by atoms with van der Waals surface area (Å²) in [5.41, 5.74) is 4.04. The summed E-state index contributed by atoms with van der Waals surface area (Å²) in [4.78, 5) is 0. The van der Waals surface area contributed by atoms with Crippen molar-refractivity contribution >= 4 is 0 Å². The average Bonchev–Trinajstić information content (AvgIpc) is 2.46. The van der Waals surface area contributed by atoms with Crippen LogP contribution in [0.1, 0.15) is 19.8 Å². The molecular weight excluding hydrogens is 132 g/mol. The molecule has 1 rings (SSSR count). The van der Waals surface area contributed by atoms with Gasteiger partial charge < -0.3 is 0 Å². The molecule has 0 spiro atoms. The number of rotatable bonds is 3. The summed E-state index contributed by atoms with van der Waals surface area (Å²) >= 11 is 0. The van der Waals surface area contributed by atoms with Gasteiger partial charge in [-0.1, -0.05) is 43.9 Å². The first-order valence-corrected chi connectivity index (χ1v) is 3.99. The summed E-state index contributed by atoms with van der Waals surface area (Å²) in [5.74, 6) is 0. The van der Waals surface area contributed by atoms with Crippen LogP contribution >= 0.6 is 0 Å². The SMILES string of the molecule is C=CC1=C(C=C)CC(CC)=C1. The molecule has 0 unspecified atom stereocenters. The molecule has 1 aliphatic rings. The normalized spacial score (nSPS) is 16.6. The highest BCUT2D eigenvalue weighted by Gasteiger charge is 2.08. The van der Waals surface area contributed by atoms with Crippen molar-refractivity contribution in [3.63, 3.8) is 0 Å². The Morgan fingerprint density at radius 2 is 2.18 bits per heavy atom. The smallest absolute Gasteiger partial charge is 0.00582 e. The maximum atomic E-state index is 3.77. The topological polar surface area (TPSA) is 0 Å². The first-order valence-electron chi connectivity index (χ1n) is 3.99. The van der Waals surface area contributed by atoms with Crippen molar-refractivity contribution in [2.75, 3.05) is 0 Å². The van der Waals surface area contributed by atoms with E-state index in [4.69, 9.17) is 0 Å². The molecule has 11 heavy (non-hydrogen) atoms. The fourth-order valence-electron chi connectivity index (χ4n) is 1.32. The summed E-state index contributed by atoms with van der Waals surface area (Å²) in [6.07, 6.45) is 8.25. The Morgan fingerprint density at radius 3 is 2.55 bits per heavy atom. The Hall–Kier alpha value is -1.04. The highest BCUT2D eigenvalue weighted by Crippen LogP contribution is 2.28. The maximum absolute atomic E-state index is 3.77. The molecule has 0 fully saturated rings. The summed E-state index contributed by atoms with van der Waals surface area (Å²) in [6.45, 7) is 9.71. The van der Waals surface area contributed by atoms with Gasteiger partial charge in [0.05, 0.1) is 0 Å². The highest BCUT2D eigenvalue weighted by molar-refractivity contribution is 5.48. The van der Waals surface area contributed by atoms with Gasteiger partial charge in [0.15, 0.2) is 0 Å². The third-order valence-electron chi connectivity index (χ3n) is 2.07. The molecule has 58 valence electrons. The van der Waals surface area contributed by atoms with E-state index in [1.54, 1.807) is 0 Å². The van der Waals surface area contributed by atoms with E-state index in [9.17, 15) is 0 Å². The minimum atomic E-state index is 1.07. The van der Waals surface area contributed by atoms with Gasteiger partial charge in [0, 0.05) is 0 Å². The molecule has 0 saturated heterocycles. The monoisotopic (exact) mass is 146 g/mol. The molecule has 0 nitrogen and oxygen atoms in total. The molecule has 0 aliphatic heterocycles. The van der Waals surface area contributed by atoms with Crippen LogP contribution in [-0.2, 0) is 0 Å². The second kappa shape index (κ2) is 3.38. The van der Waals surface area contributed by atoms with Crippen molar-refractivity contribution in [2.24, 2.45) is 0 Å². The van der Waals surface area contributed by atoms with Gasteiger partial charge in [0.25, 0.3) is 0 Å². The zero-order valence-electron chi connectivity index (χ0n) is 7.06. The molecule has 0 aromatic rings. The Labute approximate surface area is 68.6 Å². The van der Waals surface area contributed by atoms with Gasteiger partial charge in [0.2, 0.25) is 0 Å². The van der Waals surface area contributed by atoms with E-state index in [1.807, 2.05) is 12.2 Å². The fourth-order valence-corrected chi connectivity index (χ4v) is 1.32. The maximum Gasteiger partial charge on any atom is -0.00582 e. The van der Waals surface area contributed by atoms with Crippen LogP contribution in [0.15, 0.2) is 48.1 Å². The van der Waals surface area contributed by atoms with Crippen molar-refractivity contribution < 1.29 is 0 Å². The summed E-state index contributed by atoms with van der Waals surface area (Å²) < 4.78 is 0. The second-order valence-corrected chi connectivity index (χ2v) is 2.72. The van der Waals surface area contributed by atoms with Crippen LogP contribution in [-0.4, -0.2) is 0 Å². The lowest BCUT2D eigenvalue weighted by Crippen LogP contribution is -1.76.